The molecule has 1 aliphatic rings. The molecule has 5 N–H and O–H groups in total. The molecule has 1 saturated heterocycles. The molecule has 0 saturated carbocycles. The molecule has 1 heterocycles. The normalized spacial score (nSPS) is 17.4. The fourth-order valence-corrected chi connectivity index (χ4v) is 3.31. The lowest BCUT2D eigenvalue weighted by atomic mass is 9.90. The van der Waals surface area contributed by atoms with Crippen LogP contribution >= 0.6 is 22.9 Å². The van der Waals surface area contributed by atoms with Gasteiger partial charge in [-0.05, 0) is 38.3 Å². The molecule has 9 nitrogen and oxygen atoms in total. The van der Waals surface area contributed by atoms with Gasteiger partial charge in [0, 0.05) is 22.9 Å². The van der Waals surface area contributed by atoms with Crippen molar-refractivity contribution >= 4 is 46.4 Å². The van der Waals surface area contributed by atoms with Crippen LogP contribution in [0.3, 0.4) is 0 Å². The lowest BCUT2D eigenvalue weighted by molar-refractivity contribution is -0.144. The van der Waals surface area contributed by atoms with E-state index in [9.17, 15) is 24.3 Å². The number of amides is 2. The number of carboxylic acids is 1. The summed E-state index contributed by atoms with van der Waals surface area (Å²) in [4.78, 5) is 47.1. The minimum absolute atomic E-state index is 0.155. The first-order valence-electron chi connectivity index (χ1n) is 8.31. The standard InChI is InChI=1S/C15H25IN4O5/c1-2-3-10(20-16)13(22)14(23)18-8-11(21)19-12(15(24)25)9-4-6-17-7-5-9/h9-10,12,17,20H,2-8H2,1H3,(H,18,23)(H,19,21)(H,24,25). The molecule has 0 aromatic rings. The van der Waals surface area contributed by atoms with Gasteiger partial charge < -0.3 is 21.1 Å². The van der Waals surface area contributed by atoms with Crippen molar-refractivity contribution in [2.24, 2.45) is 5.92 Å². The van der Waals surface area contributed by atoms with E-state index in [1.807, 2.05) is 29.8 Å². The number of carboxylic acid groups (broad SMARTS) is 1. The Balaban J connectivity index is 2.50. The van der Waals surface area contributed by atoms with E-state index in [2.05, 4.69) is 19.5 Å². The molecule has 142 valence electrons. The second-order valence-electron chi connectivity index (χ2n) is 5.97. The number of nitrogens with one attached hydrogen (secondary N) is 4. The molecule has 0 aromatic carbocycles. The highest BCUT2D eigenvalue weighted by molar-refractivity contribution is 14.1. The quantitative estimate of drug-likeness (QED) is 0.163. The molecule has 2 atom stereocenters. The Morgan fingerprint density at radius 2 is 1.88 bits per heavy atom. The average Bonchev–Trinajstić information content (AvgIpc) is 2.62. The maximum atomic E-state index is 12.0. The Kier molecular flexibility index (Phi) is 9.90. The van der Waals surface area contributed by atoms with Crippen LogP contribution in [0.5, 0.6) is 0 Å². The van der Waals surface area contributed by atoms with Gasteiger partial charge in [-0.2, -0.15) is 0 Å². The van der Waals surface area contributed by atoms with Crippen LogP contribution in [0.25, 0.3) is 0 Å². The van der Waals surface area contributed by atoms with Gasteiger partial charge in [-0.1, -0.05) is 13.3 Å². The highest BCUT2D eigenvalue weighted by Crippen LogP contribution is 2.16. The number of hydrogen-bond donors (Lipinski definition) is 5. The van der Waals surface area contributed by atoms with Crippen molar-refractivity contribution in [1.29, 1.82) is 0 Å². The van der Waals surface area contributed by atoms with Crippen LogP contribution in [0.1, 0.15) is 32.6 Å². The van der Waals surface area contributed by atoms with Gasteiger partial charge in [0.1, 0.15) is 6.04 Å². The largest absolute Gasteiger partial charge is 0.480 e. The summed E-state index contributed by atoms with van der Waals surface area (Å²) >= 11 is 1.81. The Morgan fingerprint density at radius 1 is 1.24 bits per heavy atom. The minimum Gasteiger partial charge on any atom is -0.480 e. The Bertz CT molecular complexity index is 496. The molecule has 2 unspecified atom stereocenters. The topological polar surface area (TPSA) is 137 Å². The lowest BCUT2D eigenvalue weighted by Crippen LogP contribution is -2.52. The third kappa shape index (κ3) is 7.24. The van der Waals surface area contributed by atoms with Crippen molar-refractivity contribution in [2.45, 2.75) is 44.7 Å². The molecule has 1 aliphatic heterocycles. The molecular weight excluding hydrogens is 443 g/mol. The van der Waals surface area contributed by atoms with Crippen molar-refractivity contribution in [2.75, 3.05) is 19.6 Å². The monoisotopic (exact) mass is 468 g/mol. The van der Waals surface area contributed by atoms with Gasteiger partial charge in [0.05, 0.1) is 12.6 Å². The number of Topliss-reactive ketones (excluding diaryl/α,β-unsaturated/α-hetero) is 1. The second kappa shape index (κ2) is 11.4. The van der Waals surface area contributed by atoms with Crippen LogP contribution in [0, 0.1) is 5.92 Å². The third-order valence-electron chi connectivity index (χ3n) is 4.10. The number of hydrogen-bond acceptors (Lipinski definition) is 6. The second-order valence-corrected chi connectivity index (χ2v) is 6.59. The summed E-state index contributed by atoms with van der Waals surface area (Å²) in [6.07, 6.45) is 2.55. The Morgan fingerprint density at radius 3 is 2.40 bits per heavy atom. The van der Waals surface area contributed by atoms with Crippen molar-refractivity contribution in [1.82, 2.24) is 19.5 Å². The molecule has 1 rings (SSSR count). The van der Waals surface area contributed by atoms with Crippen molar-refractivity contribution in [3.05, 3.63) is 0 Å². The summed E-state index contributed by atoms with van der Waals surface area (Å²) in [6, 6.07) is -1.60. The first kappa shape index (κ1) is 21.8. The summed E-state index contributed by atoms with van der Waals surface area (Å²) < 4.78 is 2.74. The van der Waals surface area contributed by atoms with E-state index >= 15 is 0 Å². The Hall–Kier alpha value is -1.27. The van der Waals surface area contributed by atoms with E-state index in [0.717, 1.165) is 6.42 Å². The van der Waals surface area contributed by atoms with E-state index in [4.69, 9.17) is 0 Å². The van der Waals surface area contributed by atoms with E-state index in [-0.39, 0.29) is 5.92 Å². The molecule has 0 radical (unpaired) electrons. The molecule has 0 spiro atoms. The summed E-state index contributed by atoms with van der Waals surface area (Å²) in [7, 11) is 0. The average molecular weight is 468 g/mol. The number of piperidine rings is 1. The van der Waals surface area contributed by atoms with Gasteiger partial charge in [-0.15, -0.1) is 0 Å². The van der Waals surface area contributed by atoms with Gasteiger partial charge in [0.25, 0.3) is 5.91 Å². The Labute approximate surface area is 160 Å². The van der Waals surface area contributed by atoms with E-state index < -0.39 is 42.2 Å². The van der Waals surface area contributed by atoms with Gasteiger partial charge in [-0.3, -0.25) is 14.4 Å². The summed E-state index contributed by atoms with van der Waals surface area (Å²) in [5, 5.41) is 17.1. The van der Waals surface area contributed by atoms with Gasteiger partial charge in [0.15, 0.2) is 0 Å². The van der Waals surface area contributed by atoms with Crippen molar-refractivity contribution < 1.29 is 24.3 Å². The van der Waals surface area contributed by atoms with Crippen LogP contribution in [0.2, 0.25) is 0 Å². The first-order chi connectivity index (χ1) is 11.9. The van der Waals surface area contributed by atoms with Crippen LogP contribution in [-0.2, 0) is 19.2 Å². The minimum atomic E-state index is -1.10. The third-order valence-corrected chi connectivity index (χ3v) is 4.85. The molecule has 25 heavy (non-hydrogen) atoms. The predicted molar refractivity (Wildman–Crippen MR) is 99.0 cm³/mol. The van der Waals surface area contributed by atoms with Crippen LogP contribution in [0.15, 0.2) is 0 Å². The smallest absolute Gasteiger partial charge is 0.326 e. The molecule has 0 aliphatic carbocycles. The zero-order chi connectivity index (χ0) is 18.8. The predicted octanol–water partition coefficient (Wildman–Crippen LogP) is -0.651. The molecular formula is C15H25IN4O5. The van der Waals surface area contributed by atoms with Crippen molar-refractivity contribution in [3.63, 3.8) is 0 Å². The highest BCUT2D eigenvalue weighted by atomic mass is 127. The number of aliphatic carboxylic acids is 1. The molecule has 10 heteroatoms. The number of carbonyl (C=O) groups is 4. The maximum Gasteiger partial charge on any atom is 0.326 e. The fourth-order valence-electron chi connectivity index (χ4n) is 2.71. The van der Waals surface area contributed by atoms with E-state index in [1.165, 1.54) is 0 Å². The van der Waals surface area contributed by atoms with Gasteiger partial charge in [0.2, 0.25) is 11.7 Å². The van der Waals surface area contributed by atoms with Crippen molar-refractivity contribution in [3.8, 4) is 0 Å². The van der Waals surface area contributed by atoms with E-state index in [0.29, 0.717) is 32.4 Å². The van der Waals surface area contributed by atoms with Gasteiger partial charge >= 0.3 is 5.97 Å². The number of halogens is 1. The summed E-state index contributed by atoms with van der Waals surface area (Å²) in [6.45, 7) is 2.88. The zero-order valence-electron chi connectivity index (χ0n) is 14.1. The van der Waals surface area contributed by atoms with Crippen LogP contribution < -0.4 is 19.5 Å². The zero-order valence-corrected chi connectivity index (χ0v) is 16.3. The highest BCUT2D eigenvalue weighted by Gasteiger charge is 2.31. The van der Waals surface area contributed by atoms with E-state index in [1.54, 1.807) is 0 Å². The molecule has 0 aromatic heterocycles. The number of rotatable bonds is 10. The van der Waals surface area contributed by atoms with Gasteiger partial charge in [-0.25, -0.2) is 8.32 Å². The molecule has 2 amide bonds. The summed E-state index contributed by atoms with van der Waals surface area (Å²) in [5.41, 5.74) is 0. The SMILES string of the molecule is CCCC(NI)C(=O)C(=O)NCC(=O)NC(C(=O)O)C1CCNCC1. The number of ketones is 1. The fraction of sp³-hybridized carbons (Fsp3) is 0.733. The van der Waals surface area contributed by atoms with Crippen LogP contribution in [0.4, 0.5) is 0 Å². The maximum absolute atomic E-state index is 12.0. The van der Waals surface area contributed by atoms with Crippen LogP contribution in [-0.4, -0.2) is 60.4 Å². The summed E-state index contributed by atoms with van der Waals surface area (Å²) in [5.74, 6) is -3.37. The lowest BCUT2D eigenvalue weighted by Gasteiger charge is -2.28. The first-order valence-corrected chi connectivity index (χ1v) is 9.39. The molecule has 0 bridgehead atoms. The number of carbonyl (C=O) groups excluding carboxylic acids is 3. The molecule has 1 fully saturated rings.